The molecule has 1 aromatic carbocycles. The number of furan rings is 1. The van der Waals surface area contributed by atoms with Gasteiger partial charge in [-0.1, -0.05) is 18.2 Å². The molecule has 0 spiro atoms. The molecule has 0 saturated heterocycles. The number of para-hydroxylation sites is 1. The van der Waals surface area contributed by atoms with Crippen LogP contribution in [0.4, 0.5) is 0 Å². The third-order valence-corrected chi connectivity index (χ3v) is 3.40. The maximum atomic E-state index is 11.9. The Hall–Kier alpha value is -2.82. The van der Waals surface area contributed by atoms with Crippen molar-refractivity contribution in [2.75, 3.05) is 0 Å². The van der Waals surface area contributed by atoms with Crippen LogP contribution in [0.2, 0.25) is 0 Å². The van der Waals surface area contributed by atoms with E-state index in [0.29, 0.717) is 11.3 Å². The number of carbonyl (C=O) groups excluding carboxylic acids is 1. The average molecular weight is 281 g/mol. The van der Waals surface area contributed by atoms with E-state index in [-0.39, 0.29) is 5.91 Å². The number of rotatable bonds is 3. The molecule has 5 heteroatoms. The van der Waals surface area contributed by atoms with Crippen LogP contribution >= 0.6 is 0 Å². The van der Waals surface area contributed by atoms with Gasteiger partial charge >= 0.3 is 0 Å². The maximum absolute atomic E-state index is 11.9. The zero-order chi connectivity index (χ0) is 14.8. The summed E-state index contributed by atoms with van der Waals surface area (Å²) in [5.41, 5.74) is 5.08. The quantitative estimate of drug-likeness (QED) is 0.593. The minimum absolute atomic E-state index is 0.280. The van der Waals surface area contributed by atoms with Crippen molar-refractivity contribution in [2.24, 2.45) is 12.1 Å². The Morgan fingerprint density at radius 3 is 2.90 bits per heavy atom. The Balaban J connectivity index is 1.80. The van der Waals surface area contributed by atoms with Gasteiger partial charge in [0.1, 0.15) is 5.76 Å². The van der Waals surface area contributed by atoms with Crippen molar-refractivity contribution in [3.05, 3.63) is 59.7 Å². The Kier molecular flexibility index (Phi) is 3.31. The largest absolute Gasteiger partial charge is 0.469 e. The van der Waals surface area contributed by atoms with Crippen molar-refractivity contribution in [2.45, 2.75) is 6.92 Å². The summed E-state index contributed by atoms with van der Waals surface area (Å²) >= 11 is 0. The second kappa shape index (κ2) is 5.28. The van der Waals surface area contributed by atoms with Crippen LogP contribution in [-0.2, 0) is 7.05 Å². The summed E-state index contributed by atoms with van der Waals surface area (Å²) in [6.07, 6.45) is 5.11. The van der Waals surface area contributed by atoms with Crippen molar-refractivity contribution in [3.63, 3.8) is 0 Å². The van der Waals surface area contributed by atoms with Crippen molar-refractivity contribution >= 4 is 23.0 Å². The Morgan fingerprint density at radius 1 is 1.33 bits per heavy atom. The van der Waals surface area contributed by atoms with Crippen molar-refractivity contribution in [3.8, 4) is 0 Å². The molecule has 1 amide bonds. The molecule has 0 unspecified atom stereocenters. The molecular formula is C16H15N3O2. The van der Waals surface area contributed by atoms with Gasteiger partial charge in [0, 0.05) is 29.7 Å². The van der Waals surface area contributed by atoms with Crippen LogP contribution < -0.4 is 5.43 Å². The minimum Gasteiger partial charge on any atom is -0.469 e. The van der Waals surface area contributed by atoms with Gasteiger partial charge in [-0.25, -0.2) is 5.43 Å². The van der Waals surface area contributed by atoms with Crippen LogP contribution in [0, 0.1) is 6.92 Å². The summed E-state index contributed by atoms with van der Waals surface area (Å²) in [7, 11) is 1.98. The molecule has 2 heterocycles. The number of carbonyl (C=O) groups is 1. The number of aromatic nitrogens is 1. The van der Waals surface area contributed by atoms with Gasteiger partial charge < -0.3 is 8.98 Å². The van der Waals surface area contributed by atoms with E-state index in [0.717, 1.165) is 16.5 Å². The van der Waals surface area contributed by atoms with Crippen molar-refractivity contribution < 1.29 is 9.21 Å². The standard InChI is InChI=1S/C16H15N3O2/c1-11-13(7-8-21-11)16(20)18-17-9-12-10-19(2)15-6-4-3-5-14(12)15/h3-10H,1-2H3,(H,18,20)/b17-9+. The highest BCUT2D eigenvalue weighted by atomic mass is 16.3. The summed E-state index contributed by atoms with van der Waals surface area (Å²) in [4.78, 5) is 11.9. The first kappa shape index (κ1) is 13.2. The second-order valence-corrected chi connectivity index (χ2v) is 4.80. The zero-order valence-electron chi connectivity index (χ0n) is 11.8. The summed E-state index contributed by atoms with van der Waals surface area (Å²) < 4.78 is 7.12. The van der Waals surface area contributed by atoms with E-state index >= 15 is 0 Å². The monoisotopic (exact) mass is 281 g/mol. The van der Waals surface area contributed by atoms with Gasteiger partial charge in [0.25, 0.3) is 5.91 Å². The molecule has 0 saturated carbocycles. The molecule has 3 rings (SSSR count). The molecule has 5 nitrogen and oxygen atoms in total. The lowest BCUT2D eigenvalue weighted by Gasteiger charge is -1.97. The molecule has 106 valence electrons. The smallest absolute Gasteiger partial charge is 0.274 e. The van der Waals surface area contributed by atoms with Gasteiger partial charge in [-0.15, -0.1) is 0 Å². The van der Waals surface area contributed by atoms with Gasteiger partial charge in [0.2, 0.25) is 0 Å². The van der Waals surface area contributed by atoms with Gasteiger partial charge in [-0.2, -0.15) is 5.10 Å². The van der Waals surface area contributed by atoms with Crippen molar-refractivity contribution in [1.82, 2.24) is 9.99 Å². The molecule has 0 radical (unpaired) electrons. The third kappa shape index (κ3) is 2.45. The second-order valence-electron chi connectivity index (χ2n) is 4.80. The van der Waals surface area contributed by atoms with E-state index < -0.39 is 0 Å². The average Bonchev–Trinajstić information content (AvgIpc) is 3.04. The topological polar surface area (TPSA) is 59.5 Å². The highest BCUT2D eigenvalue weighted by Gasteiger charge is 2.10. The Morgan fingerprint density at radius 2 is 2.14 bits per heavy atom. The minimum atomic E-state index is -0.280. The lowest BCUT2D eigenvalue weighted by atomic mass is 10.2. The molecule has 0 fully saturated rings. The fraction of sp³-hybridized carbons (Fsp3) is 0.125. The fourth-order valence-corrected chi connectivity index (χ4v) is 2.32. The van der Waals surface area contributed by atoms with Crippen LogP contribution in [-0.4, -0.2) is 16.7 Å². The molecule has 0 atom stereocenters. The first-order chi connectivity index (χ1) is 10.2. The number of hydrogen-bond acceptors (Lipinski definition) is 3. The Bertz CT molecular complexity index is 827. The molecule has 21 heavy (non-hydrogen) atoms. The zero-order valence-corrected chi connectivity index (χ0v) is 11.8. The maximum Gasteiger partial charge on any atom is 0.274 e. The van der Waals surface area contributed by atoms with Gasteiger partial charge in [-0.3, -0.25) is 4.79 Å². The Labute approximate surface area is 121 Å². The molecule has 1 N–H and O–H groups in total. The molecule has 3 aromatic rings. The van der Waals surface area contributed by atoms with Crippen molar-refractivity contribution in [1.29, 1.82) is 0 Å². The van der Waals surface area contributed by atoms with E-state index in [1.807, 2.05) is 42.1 Å². The molecule has 0 aliphatic rings. The number of fused-ring (bicyclic) bond motifs is 1. The molecule has 2 aromatic heterocycles. The predicted octanol–water partition coefficient (Wildman–Crippen LogP) is 2.84. The molecule has 0 aliphatic carbocycles. The van der Waals surface area contributed by atoms with Crippen LogP contribution in [0.15, 0.2) is 52.3 Å². The van der Waals surface area contributed by atoms with E-state index in [2.05, 4.69) is 10.5 Å². The number of aryl methyl sites for hydroxylation is 2. The number of hydrogen-bond donors (Lipinski definition) is 1. The lowest BCUT2D eigenvalue weighted by Crippen LogP contribution is -2.17. The van der Waals surface area contributed by atoms with Gasteiger partial charge in [0.15, 0.2) is 0 Å². The SMILES string of the molecule is Cc1occc1C(=O)N/N=C/c1cn(C)c2ccccc12. The molecule has 0 aliphatic heterocycles. The number of hydrazone groups is 1. The third-order valence-electron chi connectivity index (χ3n) is 3.40. The van der Waals surface area contributed by atoms with E-state index in [1.165, 1.54) is 6.26 Å². The summed E-state index contributed by atoms with van der Waals surface area (Å²) in [5.74, 6) is 0.297. The number of amides is 1. The fourth-order valence-electron chi connectivity index (χ4n) is 2.32. The van der Waals surface area contributed by atoms with Crippen LogP contribution in [0.3, 0.4) is 0 Å². The van der Waals surface area contributed by atoms with Crippen LogP contribution in [0.1, 0.15) is 21.7 Å². The molecule has 0 bridgehead atoms. The lowest BCUT2D eigenvalue weighted by molar-refractivity contribution is 0.0953. The summed E-state index contributed by atoms with van der Waals surface area (Å²) in [5, 5.41) is 5.12. The summed E-state index contributed by atoms with van der Waals surface area (Å²) in [6.45, 7) is 1.74. The van der Waals surface area contributed by atoms with Crippen LogP contribution in [0.25, 0.3) is 10.9 Å². The van der Waals surface area contributed by atoms with Gasteiger partial charge in [0.05, 0.1) is 18.0 Å². The number of nitrogens with zero attached hydrogens (tertiary/aromatic N) is 2. The summed E-state index contributed by atoms with van der Waals surface area (Å²) in [6, 6.07) is 9.66. The number of benzene rings is 1. The predicted molar refractivity (Wildman–Crippen MR) is 81.4 cm³/mol. The molecular weight excluding hydrogens is 266 g/mol. The van der Waals surface area contributed by atoms with Gasteiger partial charge in [-0.05, 0) is 19.1 Å². The van der Waals surface area contributed by atoms with E-state index in [1.54, 1.807) is 19.2 Å². The number of nitrogens with one attached hydrogen (secondary N) is 1. The van der Waals surface area contributed by atoms with E-state index in [4.69, 9.17) is 4.42 Å². The first-order valence-electron chi connectivity index (χ1n) is 6.58. The first-order valence-corrected chi connectivity index (χ1v) is 6.58. The highest BCUT2D eigenvalue weighted by molar-refractivity contribution is 6.00. The van der Waals surface area contributed by atoms with E-state index in [9.17, 15) is 4.79 Å². The highest BCUT2D eigenvalue weighted by Crippen LogP contribution is 2.18. The normalized spacial score (nSPS) is 11.3. The van der Waals surface area contributed by atoms with Crippen LogP contribution in [0.5, 0.6) is 0 Å².